The first kappa shape index (κ1) is 15.9. The van der Waals surface area contributed by atoms with Gasteiger partial charge in [-0.15, -0.1) is 11.3 Å². The zero-order chi connectivity index (χ0) is 15.3. The van der Waals surface area contributed by atoms with Gasteiger partial charge < -0.3 is 15.7 Å². The van der Waals surface area contributed by atoms with Gasteiger partial charge in [-0.2, -0.15) is 0 Å². The van der Waals surface area contributed by atoms with Crippen LogP contribution >= 0.6 is 11.3 Å². The van der Waals surface area contributed by atoms with Crippen molar-refractivity contribution in [1.29, 1.82) is 0 Å². The first-order valence-corrected chi connectivity index (χ1v) is 6.78. The zero-order valence-corrected chi connectivity index (χ0v) is 12.0. The fraction of sp³-hybridized carbons (Fsp3) is 0.308. The lowest BCUT2D eigenvalue weighted by atomic mass is 10.2. The van der Waals surface area contributed by atoms with Crippen molar-refractivity contribution in [3.05, 3.63) is 28.0 Å². The second-order valence-corrected chi connectivity index (χ2v) is 5.35. The summed E-state index contributed by atoms with van der Waals surface area (Å²) in [5.74, 6) is -1.93. The molecular weight excluding hydrogens is 280 g/mol. The van der Waals surface area contributed by atoms with Crippen molar-refractivity contribution < 1.29 is 19.5 Å². The van der Waals surface area contributed by atoms with Gasteiger partial charge in [-0.3, -0.25) is 9.59 Å². The zero-order valence-electron chi connectivity index (χ0n) is 11.2. The number of amides is 2. The lowest BCUT2D eigenvalue weighted by molar-refractivity contribution is -0.131. The molecule has 1 aromatic rings. The smallest absolute Gasteiger partial charge is 0.328 e. The minimum Gasteiger partial charge on any atom is -0.478 e. The van der Waals surface area contributed by atoms with Crippen molar-refractivity contribution in [2.45, 2.75) is 19.9 Å². The van der Waals surface area contributed by atoms with Gasteiger partial charge in [0, 0.05) is 22.4 Å². The predicted molar refractivity (Wildman–Crippen MR) is 76.4 cm³/mol. The highest BCUT2D eigenvalue weighted by Crippen LogP contribution is 2.18. The molecule has 0 fully saturated rings. The van der Waals surface area contributed by atoms with Gasteiger partial charge >= 0.3 is 5.97 Å². The van der Waals surface area contributed by atoms with Crippen LogP contribution in [0.4, 0.5) is 0 Å². The van der Waals surface area contributed by atoms with E-state index in [9.17, 15) is 14.4 Å². The molecule has 0 aliphatic heterocycles. The van der Waals surface area contributed by atoms with E-state index < -0.39 is 11.9 Å². The fourth-order valence-electron chi connectivity index (χ4n) is 1.53. The molecule has 0 radical (unpaired) electrons. The van der Waals surface area contributed by atoms with Crippen molar-refractivity contribution in [1.82, 2.24) is 4.90 Å². The summed E-state index contributed by atoms with van der Waals surface area (Å²) in [5.41, 5.74) is 5.54. The summed E-state index contributed by atoms with van der Waals surface area (Å²) < 4.78 is 0. The summed E-state index contributed by atoms with van der Waals surface area (Å²) >= 11 is 1.25. The van der Waals surface area contributed by atoms with Crippen LogP contribution in [-0.2, 0) is 9.59 Å². The number of hydrogen-bond acceptors (Lipinski definition) is 4. The summed E-state index contributed by atoms with van der Waals surface area (Å²) in [6.07, 6.45) is 2.42. The maximum Gasteiger partial charge on any atom is 0.328 e. The molecule has 0 saturated heterocycles. The van der Waals surface area contributed by atoms with Crippen LogP contribution in [0, 0.1) is 0 Å². The fourth-order valence-corrected chi connectivity index (χ4v) is 2.30. The van der Waals surface area contributed by atoms with Crippen LogP contribution in [0.25, 0.3) is 6.08 Å². The van der Waals surface area contributed by atoms with E-state index in [0.29, 0.717) is 10.4 Å². The average Bonchev–Trinajstić information content (AvgIpc) is 2.80. The third-order valence-electron chi connectivity index (χ3n) is 2.47. The minimum atomic E-state index is -1.05. The Hall–Kier alpha value is -2.15. The molecule has 0 unspecified atom stereocenters. The van der Waals surface area contributed by atoms with Crippen LogP contribution in [0.15, 0.2) is 17.5 Å². The number of nitrogens with two attached hydrogens (primary N) is 1. The Morgan fingerprint density at radius 2 is 2.10 bits per heavy atom. The van der Waals surface area contributed by atoms with Crippen LogP contribution in [0.5, 0.6) is 0 Å². The van der Waals surface area contributed by atoms with E-state index in [1.807, 2.05) is 0 Å². The van der Waals surface area contributed by atoms with E-state index in [1.54, 1.807) is 25.3 Å². The number of hydrogen-bond donors (Lipinski definition) is 2. The summed E-state index contributed by atoms with van der Waals surface area (Å²) in [4.78, 5) is 35.7. The number of carbonyl (C=O) groups excluding carboxylic acids is 2. The van der Waals surface area contributed by atoms with E-state index in [4.69, 9.17) is 10.8 Å². The van der Waals surface area contributed by atoms with Crippen LogP contribution in [-0.4, -0.2) is 40.4 Å². The maximum atomic E-state index is 12.3. The molecule has 0 aliphatic rings. The van der Waals surface area contributed by atoms with E-state index in [0.717, 1.165) is 6.08 Å². The molecule has 0 atom stereocenters. The van der Waals surface area contributed by atoms with Crippen molar-refractivity contribution >= 4 is 35.2 Å². The van der Waals surface area contributed by atoms with Gasteiger partial charge in [0.15, 0.2) is 0 Å². The van der Waals surface area contributed by atoms with Gasteiger partial charge in [-0.05, 0) is 26.0 Å². The quantitative estimate of drug-likeness (QED) is 0.770. The lowest BCUT2D eigenvalue weighted by Crippen LogP contribution is -2.42. The Balaban J connectivity index is 2.90. The van der Waals surface area contributed by atoms with Crippen molar-refractivity contribution in [3.8, 4) is 0 Å². The van der Waals surface area contributed by atoms with E-state index in [1.165, 1.54) is 22.3 Å². The van der Waals surface area contributed by atoms with Crippen molar-refractivity contribution in [3.63, 3.8) is 0 Å². The molecule has 0 aliphatic carbocycles. The SMILES string of the molecule is CC(C)N(CC(N)=O)C(=O)c1csc(C=CC(=O)O)c1. The van der Waals surface area contributed by atoms with Gasteiger partial charge in [0.1, 0.15) is 0 Å². The molecule has 1 rings (SSSR count). The number of aliphatic carboxylic acids is 1. The number of thiophene rings is 1. The van der Waals surface area contributed by atoms with Gasteiger partial charge in [0.05, 0.1) is 12.1 Å². The molecule has 1 aromatic heterocycles. The highest BCUT2D eigenvalue weighted by Gasteiger charge is 2.21. The third kappa shape index (κ3) is 4.51. The highest BCUT2D eigenvalue weighted by atomic mass is 32.1. The number of carbonyl (C=O) groups is 3. The molecule has 0 aromatic carbocycles. The van der Waals surface area contributed by atoms with Crippen LogP contribution in [0.1, 0.15) is 29.1 Å². The third-order valence-corrected chi connectivity index (χ3v) is 3.37. The van der Waals surface area contributed by atoms with Crippen LogP contribution in [0.3, 0.4) is 0 Å². The first-order valence-electron chi connectivity index (χ1n) is 5.90. The Morgan fingerprint density at radius 1 is 1.45 bits per heavy atom. The summed E-state index contributed by atoms with van der Waals surface area (Å²) in [7, 11) is 0. The molecule has 7 heteroatoms. The average molecular weight is 296 g/mol. The number of primary amides is 1. The summed E-state index contributed by atoms with van der Waals surface area (Å²) in [6, 6.07) is 1.43. The molecule has 2 amide bonds. The summed E-state index contributed by atoms with van der Waals surface area (Å²) in [6.45, 7) is 3.43. The molecule has 20 heavy (non-hydrogen) atoms. The van der Waals surface area contributed by atoms with Crippen molar-refractivity contribution in [2.75, 3.05) is 6.54 Å². The van der Waals surface area contributed by atoms with E-state index in [-0.39, 0.29) is 18.5 Å². The Morgan fingerprint density at radius 3 is 2.60 bits per heavy atom. The highest BCUT2D eigenvalue weighted by molar-refractivity contribution is 7.11. The van der Waals surface area contributed by atoms with Gasteiger partial charge in [-0.25, -0.2) is 4.79 Å². The second-order valence-electron chi connectivity index (χ2n) is 4.40. The lowest BCUT2D eigenvalue weighted by Gasteiger charge is -2.24. The van der Waals surface area contributed by atoms with Crippen molar-refractivity contribution in [2.24, 2.45) is 5.73 Å². The molecular formula is C13H16N2O4S. The number of carboxylic acid groups (broad SMARTS) is 1. The largest absolute Gasteiger partial charge is 0.478 e. The van der Waals surface area contributed by atoms with Crippen LogP contribution < -0.4 is 5.73 Å². The monoisotopic (exact) mass is 296 g/mol. The number of rotatable bonds is 6. The standard InChI is InChI=1S/C13H16N2O4S/c1-8(2)15(6-11(14)16)13(19)9-5-10(20-7-9)3-4-12(17)18/h3-5,7-8H,6H2,1-2H3,(H2,14,16)(H,17,18). The minimum absolute atomic E-state index is 0.146. The van der Waals surface area contributed by atoms with E-state index >= 15 is 0 Å². The topological polar surface area (TPSA) is 101 Å². The van der Waals surface area contributed by atoms with Crippen LogP contribution in [0.2, 0.25) is 0 Å². The normalized spacial score (nSPS) is 10.9. The number of carboxylic acids is 1. The first-order chi connectivity index (χ1) is 9.31. The Labute approximate surface area is 120 Å². The second kappa shape index (κ2) is 6.85. The summed E-state index contributed by atoms with van der Waals surface area (Å²) in [5, 5.41) is 10.2. The van der Waals surface area contributed by atoms with Gasteiger partial charge in [0.25, 0.3) is 5.91 Å². The van der Waals surface area contributed by atoms with Gasteiger partial charge in [0.2, 0.25) is 5.91 Å². The molecule has 6 nitrogen and oxygen atoms in total. The molecule has 0 bridgehead atoms. The molecule has 3 N–H and O–H groups in total. The number of nitrogens with zero attached hydrogens (tertiary/aromatic N) is 1. The maximum absolute atomic E-state index is 12.3. The Bertz CT molecular complexity index is 548. The predicted octanol–water partition coefficient (Wildman–Crippen LogP) is 1.18. The molecule has 108 valence electrons. The van der Waals surface area contributed by atoms with Gasteiger partial charge in [-0.1, -0.05) is 0 Å². The molecule has 1 heterocycles. The van der Waals surface area contributed by atoms with E-state index in [2.05, 4.69) is 0 Å². The Kier molecular flexibility index (Phi) is 5.45. The molecule has 0 saturated carbocycles. The molecule has 0 spiro atoms.